The molecule has 0 aromatic heterocycles. The van der Waals surface area contributed by atoms with Crippen LogP contribution in [0, 0.1) is 5.82 Å². The van der Waals surface area contributed by atoms with Crippen LogP contribution >= 0.6 is 0 Å². The summed E-state index contributed by atoms with van der Waals surface area (Å²) in [6, 6.07) is 20.7. The molecule has 0 saturated carbocycles. The van der Waals surface area contributed by atoms with Gasteiger partial charge < -0.3 is 14.8 Å². The smallest absolute Gasteiger partial charge is 0.407 e. The highest BCUT2D eigenvalue weighted by molar-refractivity contribution is 5.79. The van der Waals surface area contributed by atoms with Crippen molar-refractivity contribution in [2.75, 3.05) is 20.3 Å². The molecule has 1 N–H and O–H groups in total. The molecular formula is C25H22FNO3. The van der Waals surface area contributed by atoms with Crippen LogP contribution in [0.25, 0.3) is 17.2 Å². The summed E-state index contributed by atoms with van der Waals surface area (Å²) in [5.41, 5.74) is 5.47. The molecule has 0 saturated heterocycles. The summed E-state index contributed by atoms with van der Waals surface area (Å²) in [5, 5.41) is 2.71. The minimum atomic E-state index is -0.479. The zero-order valence-corrected chi connectivity index (χ0v) is 16.6. The highest BCUT2D eigenvalue weighted by atomic mass is 19.1. The van der Waals surface area contributed by atoms with Gasteiger partial charge in [0.1, 0.15) is 18.2 Å². The maximum absolute atomic E-state index is 13.2. The van der Waals surface area contributed by atoms with Crippen molar-refractivity contribution in [1.82, 2.24) is 5.32 Å². The second-order valence-corrected chi connectivity index (χ2v) is 7.00. The van der Waals surface area contributed by atoms with Crippen LogP contribution in [0.4, 0.5) is 9.18 Å². The fourth-order valence-corrected chi connectivity index (χ4v) is 3.80. The lowest BCUT2D eigenvalue weighted by Gasteiger charge is -2.14. The number of rotatable bonds is 6. The highest BCUT2D eigenvalue weighted by Crippen LogP contribution is 2.44. The molecule has 0 aliphatic heterocycles. The molecule has 0 spiro atoms. The van der Waals surface area contributed by atoms with E-state index in [1.54, 1.807) is 18.2 Å². The van der Waals surface area contributed by atoms with Crippen LogP contribution in [-0.2, 0) is 4.74 Å². The molecule has 3 aromatic rings. The number of carbonyl (C=O) groups is 1. The molecule has 152 valence electrons. The quantitative estimate of drug-likeness (QED) is 0.601. The number of halogens is 1. The average molecular weight is 403 g/mol. The van der Waals surface area contributed by atoms with Gasteiger partial charge >= 0.3 is 6.09 Å². The molecule has 1 aliphatic rings. The minimum absolute atomic E-state index is 0.0298. The maximum atomic E-state index is 13.2. The van der Waals surface area contributed by atoms with Gasteiger partial charge in [-0.3, -0.25) is 0 Å². The van der Waals surface area contributed by atoms with Crippen LogP contribution in [0.15, 0.2) is 72.8 Å². The van der Waals surface area contributed by atoms with Crippen LogP contribution in [0.2, 0.25) is 0 Å². The van der Waals surface area contributed by atoms with E-state index >= 15 is 0 Å². The van der Waals surface area contributed by atoms with E-state index in [1.807, 2.05) is 24.3 Å². The van der Waals surface area contributed by atoms with Gasteiger partial charge in [0.05, 0.1) is 7.11 Å². The van der Waals surface area contributed by atoms with Crippen molar-refractivity contribution in [2.45, 2.75) is 5.92 Å². The monoisotopic (exact) mass is 403 g/mol. The predicted molar refractivity (Wildman–Crippen MR) is 115 cm³/mol. The second kappa shape index (κ2) is 8.82. The first-order chi connectivity index (χ1) is 14.7. The van der Waals surface area contributed by atoms with E-state index in [1.165, 1.54) is 41.5 Å². The fourth-order valence-electron chi connectivity index (χ4n) is 3.80. The Hall–Kier alpha value is -3.60. The van der Waals surface area contributed by atoms with Crippen molar-refractivity contribution >= 4 is 12.2 Å². The van der Waals surface area contributed by atoms with E-state index in [0.29, 0.717) is 5.75 Å². The van der Waals surface area contributed by atoms with E-state index in [-0.39, 0.29) is 24.9 Å². The molecule has 30 heavy (non-hydrogen) atoms. The van der Waals surface area contributed by atoms with Crippen LogP contribution in [0.1, 0.15) is 22.6 Å². The number of amides is 1. The summed E-state index contributed by atoms with van der Waals surface area (Å²) in [6.07, 6.45) is 3.05. The standard InChI is InChI=1S/C25H22FNO3/c1-29-24-15-18(26)13-12-17(24)7-6-14-27-25(28)30-16-23-21-10-4-2-8-19(21)20-9-3-5-11-22(20)23/h2-13,15,23H,14,16H2,1H3,(H,27,28). The Morgan fingerprint density at radius 1 is 1.03 bits per heavy atom. The lowest BCUT2D eigenvalue weighted by molar-refractivity contribution is 0.144. The van der Waals surface area contributed by atoms with Gasteiger partial charge in [-0.05, 0) is 34.4 Å². The Kier molecular flexibility index (Phi) is 5.80. The van der Waals surface area contributed by atoms with Gasteiger partial charge in [-0.15, -0.1) is 0 Å². The van der Waals surface area contributed by atoms with Crippen molar-refractivity contribution in [3.8, 4) is 16.9 Å². The zero-order valence-electron chi connectivity index (χ0n) is 16.6. The van der Waals surface area contributed by atoms with Gasteiger partial charge in [-0.25, -0.2) is 9.18 Å². The predicted octanol–water partition coefficient (Wildman–Crippen LogP) is 5.39. The molecule has 1 aliphatic carbocycles. The van der Waals surface area contributed by atoms with Crippen LogP contribution in [-0.4, -0.2) is 26.4 Å². The highest BCUT2D eigenvalue weighted by Gasteiger charge is 2.28. The summed E-state index contributed by atoms with van der Waals surface area (Å²) >= 11 is 0. The van der Waals surface area contributed by atoms with Gasteiger partial charge in [-0.1, -0.05) is 60.7 Å². The van der Waals surface area contributed by atoms with Gasteiger partial charge in [0, 0.05) is 24.1 Å². The third-order valence-corrected chi connectivity index (χ3v) is 5.20. The van der Waals surface area contributed by atoms with Gasteiger partial charge in [0.2, 0.25) is 0 Å². The Bertz CT molecular complexity index is 1050. The van der Waals surface area contributed by atoms with Crippen LogP contribution in [0.3, 0.4) is 0 Å². The largest absolute Gasteiger partial charge is 0.496 e. The molecular weight excluding hydrogens is 381 g/mol. The minimum Gasteiger partial charge on any atom is -0.496 e. The van der Waals surface area contributed by atoms with Crippen molar-refractivity contribution in [3.63, 3.8) is 0 Å². The first kappa shape index (κ1) is 19.7. The maximum Gasteiger partial charge on any atom is 0.407 e. The lowest BCUT2D eigenvalue weighted by atomic mass is 9.98. The average Bonchev–Trinajstić information content (AvgIpc) is 3.10. The summed E-state index contributed by atoms with van der Waals surface area (Å²) in [4.78, 5) is 12.2. The Morgan fingerprint density at radius 3 is 2.37 bits per heavy atom. The van der Waals surface area contributed by atoms with E-state index < -0.39 is 6.09 Å². The number of benzene rings is 3. The molecule has 3 aromatic carbocycles. The molecule has 0 atom stereocenters. The first-order valence-corrected chi connectivity index (χ1v) is 9.76. The third kappa shape index (κ3) is 4.06. The Morgan fingerprint density at radius 2 is 1.70 bits per heavy atom. The van der Waals surface area contributed by atoms with Gasteiger partial charge in [0.15, 0.2) is 0 Å². The Balaban J connectivity index is 1.34. The van der Waals surface area contributed by atoms with Gasteiger partial charge in [0.25, 0.3) is 0 Å². The molecule has 0 radical (unpaired) electrons. The van der Waals surface area contributed by atoms with Crippen LogP contribution < -0.4 is 10.1 Å². The molecule has 4 nitrogen and oxygen atoms in total. The molecule has 5 heteroatoms. The molecule has 1 amide bonds. The number of hydrogen-bond donors (Lipinski definition) is 1. The van der Waals surface area contributed by atoms with E-state index in [9.17, 15) is 9.18 Å². The molecule has 4 rings (SSSR count). The van der Waals surface area contributed by atoms with Crippen molar-refractivity contribution < 1.29 is 18.7 Å². The van der Waals surface area contributed by atoms with Crippen molar-refractivity contribution in [1.29, 1.82) is 0 Å². The number of hydrogen-bond acceptors (Lipinski definition) is 3. The van der Waals surface area contributed by atoms with E-state index in [0.717, 1.165) is 5.56 Å². The number of ether oxygens (including phenoxy) is 2. The summed E-state index contributed by atoms with van der Waals surface area (Å²) in [5.74, 6) is 0.107. The molecule has 0 heterocycles. The fraction of sp³-hybridized carbons (Fsp3) is 0.160. The van der Waals surface area contributed by atoms with Crippen LogP contribution in [0.5, 0.6) is 5.75 Å². The van der Waals surface area contributed by atoms with Crippen molar-refractivity contribution in [3.05, 3.63) is 95.3 Å². The lowest BCUT2D eigenvalue weighted by Crippen LogP contribution is -2.26. The third-order valence-electron chi connectivity index (χ3n) is 5.20. The molecule has 0 bridgehead atoms. The number of methoxy groups -OCH3 is 1. The SMILES string of the molecule is COc1cc(F)ccc1C=CCNC(=O)OCC1c2ccccc2-c2ccccc21. The number of nitrogens with one attached hydrogen (secondary N) is 1. The number of carbonyl (C=O) groups excluding carboxylic acids is 1. The van der Waals surface area contributed by atoms with E-state index in [2.05, 4.69) is 29.6 Å². The topological polar surface area (TPSA) is 47.6 Å². The zero-order chi connectivity index (χ0) is 20.9. The molecule has 0 fully saturated rings. The van der Waals surface area contributed by atoms with Crippen molar-refractivity contribution in [2.24, 2.45) is 0 Å². The second-order valence-electron chi connectivity index (χ2n) is 7.00. The normalized spacial score (nSPS) is 12.5. The van der Waals surface area contributed by atoms with Gasteiger partial charge in [-0.2, -0.15) is 0 Å². The first-order valence-electron chi connectivity index (χ1n) is 9.76. The summed E-state index contributed by atoms with van der Waals surface area (Å²) in [6.45, 7) is 0.562. The molecule has 0 unspecified atom stereocenters. The number of alkyl carbamates (subject to hydrolysis) is 1. The number of fused-ring (bicyclic) bond motifs is 3. The summed E-state index contributed by atoms with van der Waals surface area (Å²) in [7, 11) is 1.49. The Labute approximate surface area is 175 Å². The summed E-state index contributed by atoms with van der Waals surface area (Å²) < 4.78 is 23.9. The van der Waals surface area contributed by atoms with E-state index in [4.69, 9.17) is 9.47 Å².